The molecular formula is C12H21N5O3. The van der Waals surface area contributed by atoms with Crippen molar-refractivity contribution in [3.8, 4) is 0 Å². The van der Waals surface area contributed by atoms with Crippen LogP contribution in [-0.2, 0) is 6.54 Å². The number of aromatic nitrogens is 1. The third-order valence-electron chi connectivity index (χ3n) is 3.36. The van der Waals surface area contributed by atoms with Crippen LogP contribution < -0.4 is 11.3 Å². The van der Waals surface area contributed by atoms with Gasteiger partial charge in [0.15, 0.2) is 11.5 Å². The van der Waals surface area contributed by atoms with Gasteiger partial charge in [0.05, 0.1) is 12.6 Å². The molecule has 2 unspecified atom stereocenters. The molecular weight excluding hydrogens is 262 g/mol. The van der Waals surface area contributed by atoms with Crippen LogP contribution in [0.15, 0.2) is 10.6 Å². The Balaban J connectivity index is 2.00. The summed E-state index contributed by atoms with van der Waals surface area (Å²) in [6.07, 6.45) is 0.414. The molecule has 8 heteroatoms. The predicted octanol–water partition coefficient (Wildman–Crippen LogP) is -1.23. The molecule has 1 aliphatic heterocycles. The van der Waals surface area contributed by atoms with E-state index in [1.165, 1.54) is 0 Å². The Hall–Kier alpha value is -1.48. The topological polar surface area (TPSA) is 108 Å². The maximum absolute atomic E-state index is 11.3. The van der Waals surface area contributed by atoms with Gasteiger partial charge < -0.3 is 14.5 Å². The van der Waals surface area contributed by atoms with Crippen LogP contribution in [0.4, 0.5) is 0 Å². The van der Waals surface area contributed by atoms with E-state index in [-0.39, 0.29) is 17.8 Å². The zero-order valence-corrected chi connectivity index (χ0v) is 11.7. The van der Waals surface area contributed by atoms with Crippen LogP contribution in [0.25, 0.3) is 0 Å². The van der Waals surface area contributed by atoms with E-state index in [9.17, 15) is 9.90 Å². The molecule has 0 radical (unpaired) electrons. The van der Waals surface area contributed by atoms with Gasteiger partial charge in [-0.15, -0.1) is 0 Å². The molecule has 2 heterocycles. The van der Waals surface area contributed by atoms with Crippen molar-refractivity contribution in [2.75, 3.05) is 27.2 Å². The number of aliphatic hydroxyl groups excluding tert-OH is 1. The molecule has 0 spiro atoms. The fraction of sp³-hybridized carbons (Fsp3) is 0.667. The molecule has 0 bridgehead atoms. The molecule has 1 amide bonds. The van der Waals surface area contributed by atoms with Gasteiger partial charge in [0.1, 0.15) is 0 Å². The van der Waals surface area contributed by atoms with E-state index in [0.29, 0.717) is 18.8 Å². The van der Waals surface area contributed by atoms with E-state index in [4.69, 9.17) is 10.4 Å². The van der Waals surface area contributed by atoms with Crippen molar-refractivity contribution >= 4 is 5.91 Å². The normalized spacial score (nSPS) is 23.4. The molecule has 1 aliphatic rings. The Bertz CT molecular complexity index is 462. The second-order valence-electron chi connectivity index (χ2n) is 5.39. The largest absolute Gasteiger partial charge is 0.392 e. The van der Waals surface area contributed by atoms with Crippen LogP contribution in [-0.4, -0.2) is 65.3 Å². The maximum atomic E-state index is 11.3. The lowest BCUT2D eigenvalue weighted by molar-refractivity contribution is 0.0944. The van der Waals surface area contributed by atoms with Crippen molar-refractivity contribution < 1.29 is 14.4 Å². The van der Waals surface area contributed by atoms with Gasteiger partial charge in [0, 0.05) is 25.2 Å². The molecule has 4 N–H and O–H groups in total. The number of hydrogen-bond acceptors (Lipinski definition) is 7. The van der Waals surface area contributed by atoms with Gasteiger partial charge in [-0.05, 0) is 20.5 Å². The number of hydrazine groups is 1. The molecule has 2 rings (SSSR count). The molecule has 2 atom stereocenters. The minimum Gasteiger partial charge on any atom is -0.392 e. The summed E-state index contributed by atoms with van der Waals surface area (Å²) in [4.78, 5) is 15.5. The summed E-state index contributed by atoms with van der Waals surface area (Å²) in [5.74, 6) is 5.15. The number of nitrogen functional groups attached to an aromatic ring is 1. The van der Waals surface area contributed by atoms with E-state index in [1.807, 2.05) is 19.5 Å². The highest BCUT2D eigenvalue weighted by Gasteiger charge is 2.32. The summed E-state index contributed by atoms with van der Waals surface area (Å²) in [6, 6.07) is 1.83. The highest BCUT2D eigenvalue weighted by Crippen LogP contribution is 2.21. The lowest BCUT2D eigenvalue weighted by Gasteiger charge is -2.25. The van der Waals surface area contributed by atoms with Crippen LogP contribution in [0.2, 0.25) is 0 Å². The average molecular weight is 283 g/mol. The van der Waals surface area contributed by atoms with Gasteiger partial charge in [-0.1, -0.05) is 5.16 Å². The summed E-state index contributed by atoms with van der Waals surface area (Å²) >= 11 is 0. The lowest BCUT2D eigenvalue weighted by Crippen LogP contribution is -2.37. The fourth-order valence-electron chi connectivity index (χ4n) is 2.53. The number of likely N-dealkylation sites (tertiary alicyclic amines) is 1. The highest BCUT2D eigenvalue weighted by molar-refractivity contribution is 5.91. The number of carbonyl (C=O) groups is 1. The molecule has 1 aromatic heterocycles. The van der Waals surface area contributed by atoms with E-state index in [2.05, 4.69) is 15.0 Å². The first-order chi connectivity index (χ1) is 9.49. The summed E-state index contributed by atoms with van der Waals surface area (Å²) in [7, 11) is 4.00. The predicted molar refractivity (Wildman–Crippen MR) is 71.5 cm³/mol. The molecule has 0 saturated carbocycles. The molecule has 112 valence electrons. The van der Waals surface area contributed by atoms with Crippen LogP contribution in [0.3, 0.4) is 0 Å². The number of β-amino-alcohol motifs (C(OH)–C–C–N with tert-alkyl or cyclic N) is 1. The zero-order chi connectivity index (χ0) is 14.7. The maximum Gasteiger partial charge on any atom is 0.287 e. The van der Waals surface area contributed by atoms with Crippen LogP contribution in [0.1, 0.15) is 22.7 Å². The van der Waals surface area contributed by atoms with Gasteiger partial charge in [-0.25, -0.2) is 5.84 Å². The van der Waals surface area contributed by atoms with E-state index < -0.39 is 5.91 Å². The third-order valence-corrected chi connectivity index (χ3v) is 3.36. The Morgan fingerprint density at radius 3 is 3.10 bits per heavy atom. The molecule has 0 aliphatic carbocycles. The van der Waals surface area contributed by atoms with Gasteiger partial charge >= 0.3 is 0 Å². The smallest absolute Gasteiger partial charge is 0.287 e. The summed E-state index contributed by atoms with van der Waals surface area (Å²) < 4.78 is 5.13. The molecule has 1 fully saturated rings. The van der Waals surface area contributed by atoms with Crippen LogP contribution >= 0.6 is 0 Å². The molecule has 1 saturated heterocycles. The van der Waals surface area contributed by atoms with Crippen molar-refractivity contribution in [1.82, 2.24) is 20.4 Å². The quantitative estimate of drug-likeness (QED) is 0.353. The molecule has 1 aromatic rings. The number of rotatable bonds is 5. The van der Waals surface area contributed by atoms with E-state index >= 15 is 0 Å². The third kappa shape index (κ3) is 3.54. The summed E-state index contributed by atoms with van der Waals surface area (Å²) in [6.45, 7) is 1.97. The minimum absolute atomic E-state index is 0.159. The second kappa shape index (κ2) is 6.31. The minimum atomic E-state index is -0.480. The van der Waals surface area contributed by atoms with Crippen LogP contribution in [0.5, 0.6) is 0 Å². The summed E-state index contributed by atoms with van der Waals surface area (Å²) in [5.41, 5.74) is 2.17. The number of nitrogens with two attached hydrogens (primary N) is 1. The Labute approximate surface area is 117 Å². The van der Waals surface area contributed by atoms with Crippen molar-refractivity contribution in [2.24, 2.45) is 5.84 Å². The first kappa shape index (κ1) is 14.9. The van der Waals surface area contributed by atoms with E-state index in [1.54, 1.807) is 6.07 Å². The number of nitrogens with one attached hydrogen (secondary N) is 1. The lowest BCUT2D eigenvalue weighted by atomic mass is 10.2. The second-order valence-corrected chi connectivity index (χ2v) is 5.39. The van der Waals surface area contributed by atoms with Crippen molar-refractivity contribution in [3.63, 3.8) is 0 Å². The summed E-state index contributed by atoms with van der Waals surface area (Å²) in [5, 5.41) is 13.5. The monoisotopic (exact) mass is 283 g/mol. The standard InChI is InChI=1S/C12H21N5O3/c1-16(2)5-8-3-9(18)6-17(8)7-10-4-11(15-20-10)12(19)14-13/h4,8-9,18H,3,5-7,13H2,1-2H3,(H,14,19). The van der Waals surface area contributed by atoms with Crippen molar-refractivity contribution in [1.29, 1.82) is 0 Å². The first-order valence-electron chi connectivity index (χ1n) is 6.53. The Morgan fingerprint density at radius 1 is 1.70 bits per heavy atom. The van der Waals surface area contributed by atoms with Crippen LogP contribution in [0, 0.1) is 0 Å². The van der Waals surface area contributed by atoms with Gasteiger partial charge in [0.2, 0.25) is 0 Å². The number of hydrogen-bond donors (Lipinski definition) is 3. The number of amides is 1. The van der Waals surface area contributed by atoms with Gasteiger partial charge in [-0.2, -0.15) is 0 Å². The fourth-order valence-corrected chi connectivity index (χ4v) is 2.53. The first-order valence-corrected chi connectivity index (χ1v) is 6.53. The SMILES string of the molecule is CN(C)CC1CC(O)CN1Cc1cc(C(=O)NN)no1. The highest BCUT2D eigenvalue weighted by atomic mass is 16.5. The Morgan fingerprint density at radius 2 is 2.45 bits per heavy atom. The zero-order valence-electron chi connectivity index (χ0n) is 11.7. The number of carbonyl (C=O) groups excluding carboxylic acids is 1. The van der Waals surface area contributed by atoms with Crippen molar-refractivity contribution in [3.05, 3.63) is 17.5 Å². The number of likely N-dealkylation sites (N-methyl/N-ethyl adjacent to an activating group) is 1. The van der Waals surface area contributed by atoms with Gasteiger partial charge in [0.25, 0.3) is 5.91 Å². The molecule has 0 aromatic carbocycles. The molecule has 8 nitrogen and oxygen atoms in total. The number of nitrogens with zero attached hydrogens (tertiary/aromatic N) is 3. The van der Waals surface area contributed by atoms with Gasteiger partial charge in [-0.3, -0.25) is 15.1 Å². The molecule has 20 heavy (non-hydrogen) atoms. The van der Waals surface area contributed by atoms with E-state index in [0.717, 1.165) is 13.0 Å². The number of aliphatic hydroxyl groups is 1. The Kier molecular flexibility index (Phi) is 4.71. The average Bonchev–Trinajstić information content (AvgIpc) is 2.96. The van der Waals surface area contributed by atoms with Crippen molar-refractivity contribution in [2.45, 2.75) is 25.1 Å².